The Balaban J connectivity index is 0.00000370. The van der Waals surface area contributed by atoms with Crippen molar-refractivity contribution in [3.63, 3.8) is 0 Å². The molecule has 0 aliphatic rings. The zero-order valence-corrected chi connectivity index (χ0v) is 24.5. The molecule has 0 unspecified atom stereocenters. The summed E-state index contributed by atoms with van der Waals surface area (Å²) >= 11 is 7.00. The minimum Gasteiger partial charge on any atom is -0.373 e. The Labute approximate surface area is 246 Å². The van der Waals surface area contributed by atoms with Gasteiger partial charge in [0.1, 0.15) is 5.82 Å². The molecule has 0 spiro atoms. The van der Waals surface area contributed by atoms with Crippen LogP contribution in [0.3, 0.4) is 0 Å². The number of anilines is 1. The second kappa shape index (κ2) is 11.2. The Kier molecular flexibility index (Phi) is 8.26. The van der Waals surface area contributed by atoms with Crippen molar-refractivity contribution in [1.29, 1.82) is 0 Å². The van der Waals surface area contributed by atoms with Gasteiger partial charge in [-0.25, -0.2) is 4.98 Å². The minimum absolute atomic E-state index is 0. The molecular formula is C29H27ClF3MnN6-. The van der Waals surface area contributed by atoms with Crippen LogP contribution in [0.4, 0.5) is 19.0 Å². The number of hydrogen-bond donors (Lipinski definition) is 1. The molecule has 5 aromatic rings. The molecule has 0 bridgehead atoms. The van der Waals surface area contributed by atoms with Gasteiger partial charge in [-0.2, -0.15) is 13.2 Å². The Bertz CT molecular complexity index is 1650. The van der Waals surface area contributed by atoms with Crippen molar-refractivity contribution >= 4 is 28.3 Å². The molecular weight excluding hydrogens is 580 g/mol. The van der Waals surface area contributed by atoms with E-state index in [2.05, 4.69) is 15.3 Å². The van der Waals surface area contributed by atoms with Crippen LogP contribution in [0, 0.1) is 19.8 Å². The topological polar surface area (TPSA) is 60.6 Å². The van der Waals surface area contributed by atoms with E-state index < -0.39 is 11.7 Å². The first-order chi connectivity index (χ1) is 18.5. The molecule has 6 nitrogen and oxygen atoms in total. The van der Waals surface area contributed by atoms with Crippen molar-refractivity contribution < 1.29 is 30.2 Å². The van der Waals surface area contributed by atoms with Crippen molar-refractivity contribution in [2.75, 3.05) is 12.4 Å². The molecule has 2 aromatic carbocycles. The van der Waals surface area contributed by atoms with E-state index in [1.165, 1.54) is 6.07 Å². The predicted molar refractivity (Wildman–Crippen MR) is 147 cm³/mol. The summed E-state index contributed by atoms with van der Waals surface area (Å²) in [7, 11) is 5.64. The van der Waals surface area contributed by atoms with Gasteiger partial charge in [-0.1, -0.05) is 35.9 Å². The van der Waals surface area contributed by atoms with Gasteiger partial charge in [0.2, 0.25) is 0 Å². The van der Waals surface area contributed by atoms with E-state index in [-0.39, 0.29) is 23.5 Å². The largest absolute Gasteiger partial charge is 0.416 e. The van der Waals surface area contributed by atoms with Gasteiger partial charge >= 0.3 is 6.18 Å². The van der Waals surface area contributed by atoms with E-state index in [0.29, 0.717) is 32.9 Å². The Morgan fingerprint density at radius 3 is 2.10 bits per heavy atom. The molecule has 0 fully saturated rings. The van der Waals surface area contributed by atoms with E-state index in [9.17, 15) is 13.2 Å². The summed E-state index contributed by atoms with van der Waals surface area (Å²) in [4.78, 5) is 13.7. The number of nitrogens with zero attached hydrogens (tertiary/aromatic N) is 5. The number of hydrogen-bond acceptors (Lipinski definition) is 4. The molecule has 1 radical (unpaired) electrons. The standard InChI is InChI=1S/C29H27ClF3N6.Mn/c1-16-35-14-24(38(16)4)26(25-15-36-17(2)39(25)5)19-9-10-23-21(13-19)27(30)22(28(34-3)37-23)12-18-7-6-8-20(11-18)29(31,32)33;/h6-11,13-15H,12H2,1-5H3,(H,34,37);/q-1;. The molecule has 3 aromatic heterocycles. The third-order valence-corrected chi connectivity index (χ3v) is 7.56. The smallest absolute Gasteiger partial charge is 0.373 e. The van der Waals surface area contributed by atoms with E-state index in [1.807, 2.05) is 67.7 Å². The normalized spacial score (nSPS) is 11.5. The van der Waals surface area contributed by atoms with Crippen molar-refractivity contribution in [1.82, 2.24) is 24.1 Å². The van der Waals surface area contributed by atoms with Crippen LogP contribution in [0.1, 0.15) is 45.3 Å². The molecule has 3 heterocycles. The number of benzene rings is 2. The number of rotatable bonds is 6. The third-order valence-electron chi connectivity index (χ3n) is 7.13. The first-order valence-electron chi connectivity index (χ1n) is 12.3. The number of halogens is 4. The zero-order valence-electron chi connectivity index (χ0n) is 22.5. The molecule has 0 aliphatic carbocycles. The van der Waals surface area contributed by atoms with Gasteiger partial charge in [-0.05, 0) is 49.2 Å². The molecule has 11 heteroatoms. The average Bonchev–Trinajstić information content (AvgIpc) is 3.41. The van der Waals surface area contributed by atoms with Crippen LogP contribution in [0.2, 0.25) is 5.02 Å². The predicted octanol–water partition coefficient (Wildman–Crippen LogP) is 6.64. The SMILES string of the molecule is CNc1nc2ccc([C-](c3cnc(C)n3C)c3cnc(C)n3C)cc2c(Cl)c1Cc1cccc(C(F)(F)F)c1.[Mn]. The van der Waals surface area contributed by atoms with Gasteiger partial charge in [0.25, 0.3) is 0 Å². The van der Waals surface area contributed by atoms with Gasteiger partial charge in [-0.3, -0.25) is 9.97 Å². The third kappa shape index (κ3) is 5.31. The van der Waals surface area contributed by atoms with Crippen LogP contribution in [0.25, 0.3) is 10.9 Å². The van der Waals surface area contributed by atoms with Gasteiger partial charge in [0, 0.05) is 66.6 Å². The van der Waals surface area contributed by atoms with E-state index in [1.54, 1.807) is 13.1 Å². The van der Waals surface area contributed by atoms with Gasteiger partial charge < -0.3 is 14.5 Å². The van der Waals surface area contributed by atoms with Crippen LogP contribution in [0.15, 0.2) is 54.9 Å². The number of nitrogens with one attached hydrogen (secondary N) is 1. The van der Waals surface area contributed by atoms with Crippen LogP contribution < -0.4 is 5.32 Å². The Morgan fingerprint density at radius 2 is 1.57 bits per heavy atom. The van der Waals surface area contributed by atoms with Crippen LogP contribution in [-0.4, -0.2) is 31.1 Å². The van der Waals surface area contributed by atoms with E-state index in [4.69, 9.17) is 16.6 Å². The molecule has 0 aliphatic heterocycles. The number of fused-ring (bicyclic) bond motifs is 1. The maximum Gasteiger partial charge on any atom is 0.416 e. The summed E-state index contributed by atoms with van der Waals surface area (Å²) in [6.45, 7) is 3.88. The first kappa shape index (κ1) is 29.5. The van der Waals surface area contributed by atoms with Crippen LogP contribution in [-0.2, 0) is 43.8 Å². The zero-order chi connectivity index (χ0) is 28.1. The Morgan fingerprint density at radius 1 is 0.950 bits per heavy atom. The summed E-state index contributed by atoms with van der Waals surface area (Å²) in [6, 6.07) is 11.1. The fourth-order valence-electron chi connectivity index (χ4n) is 4.74. The van der Waals surface area contributed by atoms with Crippen molar-refractivity contribution in [3.05, 3.63) is 111 Å². The number of alkyl halides is 3. The summed E-state index contributed by atoms with van der Waals surface area (Å²) in [5.41, 5.74) is 3.79. The number of imidazole rings is 2. The molecule has 1 N–H and O–H groups in total. The molecule has 0 amide bonds. The van der Waals surface area contributed by atoms with Crippen LogP contribution in [0.5, 0.6) is 0 Å². The average molecular weight is 607 g/mol. The molecule has 40 heavy (non-hydrogen) atoms. The summed E-state index contributed by atoms with van der Waals surface area (Å²) in [5, 5.41) is 4.19. The van der Waals surface area contributed by atoms with E-state index >= 15 is 0 Å². The number of aryl methyl sites for hydroxylation is 2. The molecule has 209 valence electrons. The maximum absolute atomic E-state index is 13.3. The molecule has 5 rings (SSSR count). The van der Waals surface area contributed by atoms with Gasteiger partial charge in [0.15, 0.2) is 0 Å². The molecule has 0 saturated carbocycles. The summed E-state index contributed by atoms with van der Waals surface area (Å²) in [5.74, 6) is 3.18. The fraction of sp³-hybridized carbons (Fsp3) is 0.241. The van der Waals surface area contributed by atoms with Crippen molar-refractivity contribution in [2.45, 2.75) is 26.4 Å². The number of pyridine rings is 1. The van der Waals surface area contributed by atoms with Gasteiger partial charge in [0.05, 0.1) is 22.7 Å². The second-order valence-electron chi connectivity index (χ2n) is 9.48. The quantitative estimate of drug-likeness (QED) is 0.174. The first-order valence-corrected chi connectivity index (χ1v) is 12.7. The van der Waals surface area contributed by atoms with Gasteiger partial charge in [-0.15, -0.1) is 17.7 Å². The second-order valence-corrected chi connectivity index (χ2v) is 9.86. The summed E-state index contributed by atoms with van der Waals surface area (Å²) in [6.07, 6.45) is -0.576. The number of aromatic nitrogens is 5. The maximum atomic E-state index is 13.3. The van der Waals surface area contributed by atoms with E-state index in [0.717, 1.165) is 46.7 Å². The Hall–Kier alpha value is -3.46. The molecule has 0 saturated heterocycles. The van der Waals surface area contributed by atoms with Crippen LogP contribution >= 0.6 is 11.6 Å². The van der Waals surface area contributed by atoms with Crippen molar-refractivity contribution in [2.24, 2.45) is 14.1 Å². The minimum atomic E-state index is -4.43. The summed E-state index contributed by atoms with van der Waals surface area (Å²) < 4.78 is 44.0. The monoisotopic (exact) mass is 606 g/mol. The molecule has 0 atom stereocenters. The van der Waals surface area contributed by atoms with Crippen molar-refractivity contribution in [3.8, 4) is 0 Å². The fourth-order valence-corrected chi connectivity index (χ4v) is 5.05.